The molecule has 2 atom stereocenters. The van der Waals surface area contributed by atoms with E-state index in [0.717, 1.165) is 31.7 Å². The first-order valence-corrected chi connectivity index (χ1v) is 7.16. The summed E-state index contributed by atoms with van der Waals surface area (Å²) in [6.07, 6.45) is 6.02. The molecule has 0 bridgehead atoms. The number of likely N-dealkylation sites (N-methyl/N-ethyl adjacent to an activating group) is 2. The standard InChI is InChI=1S/C15H25N3O/c1-16-11-14-6-7-15(19-14)12-18(2)10-8-13-5-3-4-9-17-13/h3-5,9,14-16H,6-8,10-12H2,1-2H3. The van der Waals surface area contributed by atoms with Crippen molar-refractivity contribution in [1.29, 1.82) is 0 Å². The zero-order valence-electron chi connectivity index (χ0n) is 12.0. The van der Waals surface area contributed by atoms with E-state index in [9.17, 15) is 0 Å². The monoisotopic (exact) mass is 263 g/mol. The summed E-state index contributed by atoms with van der Waals surface area (Å²) < 4.78 is 6.00. The zero-order chi connectivity index (χ0) is 13.5. The summed E-state index contributed by atoms with van der Waals surface area (Å²) >= 11 is 0. The molecule has 0 spiro atoms. The topological polar surface area (TPSA) is 37.4 Å². The van der Waals surface area contributed by atoms with Gasteiger partial charge < -0.3 is 15.0 Å². The first-order valence-electron chi connectivity index (χ1n) is 7.16. The van der Waals surface area contributed by atoms with Crippen LogP contribution in [0.1, 0.15) is 18.5 Å². The smallest absolute Gasteiger partial charge is 0.0707 e. The molecule has 1 saturated heterocycles. The van der Waals surface area contributed by atoms with Crippen LogP contribution in [0.4, 0.5) is 0 Å². The van der Waals surface area contributed by atoms with E-state index in [0.29, 0.717) is 12.2 Å². The van der Waals surface area contributed by atoms with E-state index in [-0.39, 0.29) is 0 Å². The molecular formula is C15H25N3O. The van der Waals surface area contributed by atoms with Gasteiger partial charge in [-0.05, 0) is 39.1 Å². The Labute approximate surface area is 116 Å². The van der Waals surface area contributed by atoms with Gasteiger partial charge >= 0.3 is 0 Å². The maximum atomic E-state index is 6.00. The molecule has 4 nitrogen and oxygen atoms in total. The molecular weight excluding hydrogens is 238 g/mol. The highest BCUT2D eigenvalue weighted by atomic mass is 16.5. The minimum absolute atomic E-state index is 0.395. The second-order valence-electron chi connectivity index (χ2n) is 5.35. The van der Waals surface area contributed by atoms with Gasteiger partial charge in [0.15, 0.2) is 0 Å². The number of rotatable bonds is 7. The van der Waals surface area contributed by atoms with Crippen LogP contribution in [0.2, 0.25) is 0 Å². The maximum absolute atomic E-state index is 6.00. The minimum Gasteiger partial charge on any atom is -0.372 e. The Morgan fingerprint density at radius 1 is 1.37 bits per heavy atom. The van der Waals surface area contributed by atoms with E-state index in [4.69, 9.17) is 4.74 Å². The minimum atomic E-state index is 0.395. The van der Waals surface area contributed by atoms with Crippen LogP contribution in [0.15, 0.2) is 24.4 Å². The number of aromatic nitrogens is 1. The van der Waals surface area contributed by atoms with Crippen molar-refractivity contribution in [3.8, 4) is 0 Å². The summed E-state index contributed by atoms with van der Waals surface area (Å²) in [5.41, 5.74) is 1.16. The largest absolute Gasteiger partial charge is 0.372 e. The van der Waals surface area contributed by atoms with Crippen molar-refractivity contribution < 1.29 is 4.74 Å². The highest BCUT2D eigenvalue weighted by Gasteiger charge is 2.25. The van der Waals surface area contributed by atoms with Gasteiger partial charge in [0.2, 0.25) is 0 Å². The second-order valence-corrected chi connectivity index (χ2v) is 5.35. The SMILES string of the molecule is CNCC1CCC(CN(C)CCc2ccccn2)O1. The number of nitrogens with one attached hydrogen (secondary N) is 1. The third-order valence-corrected chi connectivity index (χ3v) is 3.62. The van der Waals surface area contributed by atoms with Gasteiger partial charge in [-0.15, -0.1) is 0 Å². The fourth-order valence-corrected chi connectivity index (χ4v) is 2.58. The van der Waals surface area contributed by atoms with Gasteiger partial charge in [0.1, 0.15) is 0 Å². The van der Waals surface area contributed by atoms with Gasteiger partial charge in [0, 0.05) is 37.9 Å². The van der Waals surface area contributed by atoms with Crippen LogP contribution in [0.25, 0.3) is 0 Å². The van der Waals surface area contributed by atoms with Crippen LogP contribution in [-0.4, -0.2) is 55.8 Å². The zero-order valence-corrected chi connectivity index (χ0v) is 12.0. The van der Waals surface area contributed by atoms with Gasteiger partial charge in [0.05, 0.1) is 12.2 Å². The number of hydrogen-bond donors (Lipinski definition) is 1. The number of hydrogen-bond acceptors (Lipinski definition) is 4. The molecule has 0 aliphatic carbocycles. The Morgan fingerprint density at radius 2 is 2.21 bits per heavy atom. The highest BCUT2D eigenvalue weighted by Crippen LogP contribution is 2.19. The van der Waals surface area contributed by atoms with Crippen molar-refractivity contribution in [2.75, 3.05) is 33.7 Å². The second kappa shape index (κ2) is 7.58. The molecule has 1 fully saturated rings. The summed E-state index contributed by atoms with van der Waals surface area (Å²) in [4.78, 5) is 6.70. The average Bonchev–Trinajstić information content (AvgIpc) is 2.85. The summed E-state index contributed by atoms with van der Waals surface area (Å²) in [7, 11) is 4.15. The third-order valence-electron chi connectivity index (χ3n) is 3.62. The van der Waals surface area contributed by atoms with Gasteiger partial charge in [-0.2, -0.15) is 0 Å². The summed E-state index contributed by atoms with van der Waals surface area (Å²) in [6, 6.07) is 6.09. The molecule has 0 aromatic carbocycles. The number of pyridine rings is 1. The Balaban J connectivity index is 1.66. The fourth-order valence-electron chi connectivity index (χ4n) is 2.58. The lowest BCUT2D eigenvalue weighted by Crippen LogP contribution is -2.32. The van der Waals surface area contributed by atoms with Gasteiger partial charge in [-0.1, -0.05) is 6.07 Å². The highest BCUT2D eigenvalue weighted by molar-refractivity contribution is 5.03. The molecule has 0 radical (unpaired) electrons. The molecule has 0 saturated carbocycles. The molecule has 106 valence electrons. The van der Waals surface area contributed by atoms with Crippen molar-refractivity contribution >= 4 is 0 Å². The fraction of sp³-hybridized carbons (Fsp3) is 0.667. The van der Waals surface area contributed by atoms with E-state index in [1.807, 2.05) is 25.4 Å². The Morgan fingerprint density at radius 3 is 2.95 bits per heavy atom. The molecule has 2 heterocycles. The van der Waals surface area contributed by atoms with Crippen molar-refractivity contribution in [1.82, 2.24) is 15.2 Å². The van der Waals surface area contributed by atoms with Crippen LogP contribution in [0.3, 0.4) is 0 Å². The quantitative estimate of drug-likeness (QED) is 0.805. The molecule has 1 aliphatic heterocycles. The van der Waals surface area contributed by atoms with E-state index >= 15 is 0 Å². The molecule has 1 aliphatic rings. The lowest BCUT2D eigenvalue weighted by molar-refractivity contribution is 0.0289. The maximum Gasteiger partial charge on any atom is 0.0707 e. The van der Waals surface area contributed by atoms with Gasteiger partial charge in [-0.25, -0.2) is 0 Å². The summed E-state index contributed by atoms with van der Waals surface area (Å²) in [5, 5.41) is 3.18. The molecule has 19 heavy (non-hydrogen) atoms. The lowest BCUT2D eigenvalue weighted by atomic mass is 10.2. The predicted molar refractivity (Wildman–Crippen MR) is 77.3 cm³/mol. The molecule has 1 N–H and O–H groups in total. The van der Waals surface area contributed by atoms with Gasteiger partial charge in [0.25, 0.3) is 0 Å². The van der Waals surface area contributed by atoms with E-state index in [1.54, 1.807) is 0 Å². The van der Waals surface area contributed by atoms with E-state index in [1.165, 1.54) is 12.8 Å². The molecule has 4 heteroatoms. The van der Waals surface area contributed by atoms with E-state index in [2.05, 4.69) is 28.3 Å². The molecule has 1 aromatic heterocycles. The average molecular weight is 263 g/mol. The summed E-state index contributed by atoms with van der Waals surface area (Å²) in [5.74, 6) is 0. The van der Waals surface area contributed by atoms with Crippen LogP contribution < -0.4 is 5.32 Å². The predicted octanol–water partition coefficient (Wildman–Crippen LogP) is 1.32. The van der Waals surface area contributed by atoms with Crippen LogP contribution in [0, 0.1) is 0 Å². The third kappa shape index (κ3) is 4.90. The first kappa shape index (κ1) is 14.4. The van der Waals surface area contributed by atoms with Crippen LogP contribution in [0.5, 0.6) is 0 Å². The Kier molecular flexibility index (Phi) is 5.76. The van der Waals surface area contributed by atoms with Crippen LogP contribution >= 0.6 is 0 Å². The number of nitrogens with zero attached hydrogens (tertiary/aromatic N) is 2. The van der Waals surface area contributed by atoms with Crippen molar-refractivity contribution in [2.24, 2.45) is 0 Å². The van der Waals surface area contributed by atoms with Crippen molar-refractivity contribution in [3.63, 3.8) is 0 Å². The molecule has 1 aromatic rings. The molecule has 0 amide bonds. The normalized spacial score (nSPS) is 23.1. The molecule has 2 rings (SSSR count). The van der Waals surface area contributed by atoms with E-state index < -0.39 is 0 Å². The van der Waals surface area contributed by atoms with Gasteiger partial charge in [-0.3, -0.25) is 4.98 Å². The molecule has 2 unspecified atom stereocenters. The number of ether oxygens (including phenoxy) is 1. The summed E-state index contributed by atoms with van der Waals surface area (Å²) in [6.45, 7) is 3.02. The lowest BCUT2D eigenvalue weighted by Gasteiger charge is -2.21. The Hall–Kier alpha value is -0.970. The Bertz CT molecular complexity index is 358. The van der Waals surface area contributed by atoms with Crippen LogP contribution in [-0.2, 0) is 11.2 Å². The van der Waals surface area contributed by atoms with Crippen molar-refractivity contribution in [2.45, 2.75) is 31.5 Å². The first-order chi connectivity index (χ1) is 9.28. The van der Waals surface area contributed by atoms with Crippen molar-refractivity contribution in [3.05, 3.63) is 30.1 Å².